The maximum Gasteiger partial charge on any atom is 0.213 e. The molecule has 1 amide bonds. The van der Waals surface area contributed by atoms with Gasteiger partial charge in [-0.1, -0.05) is 12.8 Å². The van der Waals surface area contributed by atoms with Crippen molar-refractivity contribution >= 4 is 17.9 Å². The van der Waals surface area contributed by atoms with Crippen LogP contribution in [-0.2, 0) is 4.79 Å². The molecule has 2 unspecified atom stereocenters. The third kappa shape index (κ3) is 2.18. The quantitative estimate of drug-likeness (QED) is 0.614. The molecule has 0 aromatic heterocycles. The molecule has 2 atom stereocenters. The summed E-state index contributed by atoms with van der Waals surface area (Å²) in [6.45, 7) is 0. The number of nitrogens with zero attached hydrogens (tertiary/aromatic N) is 1. The van der Waals surface area contributed by atoms with Crippen LogP contribution in [0.25, 0.3) is 0 Å². The molecule has 19 heavy (non-hydrogen) atoms. The van der Waals surface area contributed by atoms with Crippen molar-refractivity contribution in [2.24, 2.45) is 17.8 Å². The standard InChI is InChI=1S/C16H19NO2/c1-17(10-18)12-8-6-11(7-9-12)16(19)15-13-4-2-3-5-14(13)15/h6-10,13-15H,2-5H2,1H3. The Bertz CT molecular complexity index is 482. The highest BCUT2D eigenvalue weighted by molar-refractivity contribution is 6.00. The van der Waals surface area contributed by atoms with Gasteiger partial charge in [-0.3, -0.25) is 9.59 Å². The minimum absolute atomic E-state index is 0.275. The van der Waals surface area contributed by atoms with E-state index in [-0.39, 0.29) is 5.92 Å². The molecule has 3 nitrogen and oxygen atoms in total. The van der Waals surface area contributed by atoms with Crippen molar-refractivity contribution in [3.63, 3.8) is 0 Å². The van der Waals surface area contributed by atoms with E-state index in [0.717, 1.165) is 17.7 Å². The van der Waals surface area contributed by atoms with Gasteiger partial charge in [0, 0.05) is 24.2 Å². The van der Waals surface area contributed by atoms with Crippen molar-refractivity contribution in [2.45, 2.75) is 25.7 Å². The number of carbonyl (C=O) groups is 2. The molecule has 0 radical (unpaired) electrons. The van der Waals surface area contributed by atoms with Crippen LogP contribution in [0, 0.1) is 17.8 Å². The highest BCUT2D eigenvalue weighted by Gasteiger charge is 2.54. The first-order valence-corrected chi connectivity index (χ1v) is 7.05. The number of hydrogen-bond acceptors (Lipinski definition) is 2. The summed E-state index contributed by atoms with van der Waals surface area (Å²) >= 11 is 0. The summed E-state index contributed by atoms with van der Waals surface area (Å²) in [6.07, 6.45) is 5.80. The zero-order valence-corrected chi connectivity index (χ0v) is 11.2. The van der Waals surface area contributed by atoms with Crippen LogP contribution in [0.5, 0.6) is 0 Å². The van der Waals surface area contributed by atoms with Gasteiger partial charge in [-0.15, -0.1) is 0 Å². The van der Waals surface area contributed by atoms with Crippen LogP contribution in [0.2, 0.25) is 0 Å². The summed E-state index contributed by atoms with van der Waals surface area (Å²) in [5.74, 6) is 1.88. The fraction of sp³-hybridized carbons (Fsp3) is 0.500. The Labute approximate surface area is 113 Å². The Morgan fingerprint density at radius 3 is 2.26 bits per heavy atom. The van der Waals surface area contributed by atoms with Crippen LogP contribution in [-0.4, -0.2) is 19.2 Å². The van der Waals surface area contributed by atoms with Crippen molar-refractivity contribution in [1.29, 1.82) is 0 Å². The number of fused-ring (bicyclic) bond motifs is 1. The lowest BCUT2D eigenvalue weighted by molar-refractivity contribution is -0.107. The lowest BCUT2D eigenvalue weighted by Gasteiger charge is -2.10. The summed E-state index contributed by atoms with van der Waals surface area (Å²) in [5.41, 5.74) is 1.61. The molecule has 2 saturated carbocycles. The van der Waals surface area contributed by atoms with Crippen LogP contribution in [0.1, 0.15) is 36.0 Å². The number of benzene rings is 1. The van der Waals surface area contributed by atoms with E-state index in [4.69, 9.17) is 0 Å². The topological polar surface area (TPSA) is 37.4 Å². The largest absolute Gasteiger partial charge is 0.318 e. The number of hydrogen-bond donors (Lipinski definition) is 0. The molecule has 0 saturated heterocycles. The maximum absolute atomic E-state index is 12.4. The SMILES string of the molecule is CN(C=O)c1ccc(C(=O)C2C3CCCCC32)cc1. The predicted molar refractivity (Wildman–Crippen MR) is 74.2 cm³/mol. The zero-order chi connectivity index (χ0) is 13.4. The number of amides is 1. The van der Waals surface area contributed by atoms with Gasteiger partial charge in [0.15, 0.2) is 5.78 Å². The first-order valence-electron chi connectivity index (χ1n) is 7.05. The van der Waals surface area contributed by atoms with Gasteiger partial charge in [-0.2, -0.15) is 0 Å². The molecule has 0 heterocycles. The van der Waals surface area contributed by atoms with E-state index in [1.165, 1.54) is 30.6 Å². The van der Waals surface area contributed by atoms with E-state index in [2.05, 4.69) is 0 Å². The second-order valence-corrected chi connectivity index (χ2v) is 5.77. The fourth-order valence-electron chi connectivity index (χ4n) is 3.50. The second-order valence-electron chi connectivity index (χ2n) is 5.77. The highest BCUT2D eigenvalue weighted by atomic mass is 16.1. The smallest absolute Gasteiger partial charge is 0.213 e. The Morgan fingerprint density at radius 1 is 1.16 bits per heavy atom. The van der Waals surface area contributed by atoms with Gasteiger partial charge in [-0.05, 0) is 48.9 Å². The number of anilines is 1. The molecule has 100 valence electrons. The lowest BCUT2D eigenvalue weighted by Crippen LogP contribution is -2.13. The molecule has 0 bridgehead atoms. The van der Waals surface area contributed by atoms with Gasteiger partial charge >= 0.3 is 0 Å². The molecule has 0 N–H and O–H groups in total. The van der Waals surface area contributed by atoms with Crippen LogP contribution >= 0.6 is 0 Å². The lowest BCUT2D eigenvalue weighted by atomic mass is 10.0. The number of Topliss-reactive ketones (excluding diaryl/α,β-unsaturated/α-hetero) is 1. The summed E-state index contributed by atoms with van der Waals surface area (Å²) in [4.78, 5) is 24.6. The van der Waals surface area contributed by atoms with Gasteiger partial charge < -0.3 is 4.90 Å². The van der Waals surface area contributed by atoms with Crippen molar-refractivity contribution in [1.82, 2.24) is 0 Å². The Balaban J connectivity index is 1.72. The summed E-state index contributed by atoms with van der Waals surface area (Å²) in [5, 5.41) is 0. The third-order valence-corrected chi connectivity index (χ3v) is 4.68. The summed E-state index contributed by atoms with van der Waals surface area (Å²) < 4.78 is 0. The fourth-order valence-corrected chi connectivity index (χ4v) is 3.50. The molecule has 0 spiro atoms. The first-order chi connectivity index (χ1) is 9.22. The van der Waals surface area contributed by atoms with Gasteiger partial charge in [0.05, 0.1) is 0 Å². The molecule has 2 aliphatic carbocycles. The van der Waals surface area contributed by atoms with Crippen LogP contribution in [0.3, 0.4) is 0 Å². The molecule has 3 rings (SSSR count). The van der Waals surface area contributed by atoms with Crippen molar-refractivity contribution in [3.8, 4) is 0 Å². The minimum atomic E-state index is 0.275. The van der Waals surface area contributed by atoms with Gasteiger partial charge in [0.1, 0.15) is 0 Å². The molecular weight excluding hydrogens is 238 g/mol. The van der Waals surface area contributed by atoms with E-state index in [0.29, 0.717) is 17.6 Å². The third-order valence-electron chi connectivity index (χ3n) is 4.68. The Kier molecular flexibility index (Phi) is 3.13. The van der Waals surface area contributed by atoms with Crippen LogP contribution < -0.4 is 4.90 Å². The highest BCUT2D eigenvalue weighted by Crippen LogP contribution is 2.56. The second kappa shape index (κ2) is 4.80. The Morgan fingerprint density at radius 2 is 1.74 bits per heavy atom. The summed E-state index contributed by atoms with van der Waals surface area (Å²) in [6, 6.07) is 7.38. The Hall–Kier alpha value is -1.64. The summed E-state index contributed by atoms with van der Waals surface area (Å²) in [7, 11) is 1.71. The van der Waals surface area contributed by atoms with E-state index in [1.807, 2.05) is 24.3 Å². The minimum Gasteiger partial charge on any atom is -0.318 e. The average molecular weight is 257 g/mol. The average Bonchev–Trinajstić information content (AvgIpc) is 3.20. The van der Waals surface area contributed by atoms with Gasteiger partial charge in [0.25, 0.3) is 0 Å². The molecular formula is C16H19NO2. The van der Waals surface area contributed by atoms with E-state index < -0.39 is 0 Å². The predicted octanol–water partition coefficient (Wildman–Crippen LogP) is 2.90. The molecule has 0 aliphatic heterocycles. The van der Waals surface area contributed by atoms with Crippen LogP contribution in [0.15, 0.2) is 24.3 Å². The van der Waals surface area contributed by atoms with E-state index >= 15 is 0 Å². The van der Waals surface area contributed by atoms with Crippen molar-refractivity contribution in [2.75, 3.05) is 11.9 Å². The number of carbonyl (C=O) groups excluding carboxylic acids is 2. The zero-order valence-electron chi connectivity index (χ0n) is 11.2. The number of ketones is 1. The molecule has 3 heteroatoms. The van der Waals surface area contributed by atoms with E-state index in [9.17, 15) is 9.59 Å². The molecule has 1 aromatic carbocycles. The normalized spacial score (nSPS) is 28.4. The van der Waals surface area contributed by atoms with Crippen molar-refractivity contribution < 1.29 is 9.59 Å². The molecule has 1 aromatic rings. The van der Waals surface area contributed by atoms with Crippen LogP contribution in [0.4, 0.5) is 5.69 Å². The maximum atomic E-state index is 12.4. The number of rotatable bonds is 4. The molecule has 2 aliphatic rings. The van der Waals surface area contributed by atoms with Gasteiger partial charge in [-0.25, -0.2) is 0 Å². The monoisotopic (exact) mass is 257 g/mol. The molecule has 2 fully saturated rings. The van der Waals surface area contributed by atoms with E-state index in [1.54, 1.807) is 7.05 Å². The van der Waals surface area contributed by atoms with Crippen molar-refractivity contribution in [3.05, 3.63) is 29.8 Å². The first kappa shape index (κ1) is 12.4. The van der Waals surface area contributed by atoms with Gasteiger partial charge in [0.2, 0.25) is 6.41 Å².